The molecule has 0 aliphatic carbocycles. The molecule has 0 saturated carbocycles. The van der Waals surface area contributed by atoms with Crippen LogP contribution in [0.2, 0.25) is 5.02 Å². The lowest BCUT2D eigenvalue weighted by Crippen LogP contribution is -2.48. The minimum absolute atomic E-state index is 0.107. The van der Waals surface area contributed by atoms with E-state index < -0.39 is 0 Å². The number of methoxy groups -OCH3 is 3. The highest BCUT2D eigenvalue weighted by atomic mass is 35.5. The Morgan fingerprint density at radius 3 is 1.74 bits per heavy atom. The minimum atomic E-state index is -0.318. The Balaban J connectivity index is 0.000000174. The first-order valence-electron chi connectivity index (χ1n) is 35.0. The van der Waals surface area contributed by atoms with Crippen molar-refractivity contribution in [2.45, 2.75) is 13.8 Å². The number of aryl methyl sites for hydroxylation is 2. The molecule has 10 aromatic rings. The fraction of sp³-hybridized carbons (Fsp3) is 0.250. The van der Waals surface area contributed by atoms with Gasteiger partial charge in [0.15, 0.2) is 0 Å². The van der Waals surface area contributed by atoms with Crippen molar-refractivity contribution in [1.82, 2.24) is 49.2 Å². The summed E-state index contributed by atoms with van der Waals surface area (Å²) in [5, 5.41) is 22.7. The smallest absolute Gasteiger partial charge is 0.247 e. The molecule has 0 bridgehead atoms. The van der Waals surface area contributed by atoms with Gasteiger partial charge in [0.05, 0.1) is 61.7 Å². The Labute approximate surface area is 639 Å². The number of amides is 4. The fourth-order valence-electron chi connectivity index (χ4n) is 11.7. The highest BCUT2D eigenvalue weighted by Crippen LogP contribution is 2.40. The molecule has 2 aliphatic heterocycles. The molecule has 2 fully saturated rings. The first kappa shape index (κ1) is 78.8. The van der Waals surface area contributed by atoms with E-state index in [2.05, 4.69) is 136 Å². The van der Waals surface area contributed by atoms with E-state index in [4.69, 9.17) is 35.5 Å². The van der Waals surface area contributed by atoms with Crippen LogP contribution >= 0.6 is 11.6 Å². The summed E-state index contributed by atoms with van der Waals surface area (Å²) in [4.78, 5) is 86.9. The number of aromatic nitrogens is 7. The largest absolute Gasteiger partial charge is 0.494 e. The van der Waals surface area contributed by atoms with Gasteiger partial charge >= 0.3 is 0 Å². The SMILES string of the molecule is C=CC(=O)Nc1cc(Nc2nccc(-c3cn(C)c4ccccc34)n2)c(OC)cc1N(C)CCN(C)C.C=CC(=O)Nc1cccc(Nc2nc(Nc3ccc(N4CCN(C(C)=O)CC4)cc3OC)ncc2C)c1.C=CC(=O)Nc1cccc(Oc2nc(Nc3ccc(N4CCN(C)CC4)cc3OC)ncc2Cl)c1. The lowest BCUT2D eigenvalue weighted by molar-refractivity contribution is -0.129. The lowest BCUT2D eigenvalue weighted by Gasteiger charge is -2.35. The van der Waals surface area contributed by atoms with E-state index in [1.807, 2.05) is 125 Å². The average Bonchev–Trinajstić information content (AvgIpc) is 1.70. The Kier molecular flexibility index (Phi) is 27.1. The fourth-order valence-corrected chi connectivity index (χ4v) is 11.9. The number of nitrogens with zero attached hydrogens (tertiary/aromatic N) is 13. The number of hydrogen-bond acceptors (Lipinski definition) is 23. The highest BCUT2D eigenvalue weighted by Gasteiger charge is 2.23. The number of halogens is 1. The van der Waals surface area contributed by atoms with Gasteiger partial charge in [-0.15, -0.1) is 0 Å². The van der Waals surface area contributed by atoms with E-state index in [0.717, 1.165) is 109 Å². The maximum atomic E-state index is 12.2. The van der Waals surface area contributed by atoms with Gasteiger partial charge in [-0.25, -0.2) is 19.9 Å². The normalized spacial score (nSPS) is 12.6. The number of piperazine rings is 2. The standard InChI is InChI=1S/C28H33N7O2.C27H31N7O3.C25H27ClN6O3/c1-7-27(36)30-22-16-23(26(37-6)17-25(22)34(4)15-14-33(2)3)32-28-29-13-12-21(31-28)20-18-35(5)24-11-9-8-10-19(20)24;1-5-25(36)29-20-7-6-8-21(15-20)30-26-18(2)17-28-27(32-26)31-23-10-9-22(16-24(23)37-4)34-13-11-33(12-14-34)19(3)35;1-4-23(33)28-17-6-5-7-19(14-17)35-24-20(26)16-27-25(30-24)29-21-9-8-18(15-22(21)34-3)32-12-10-31(2)11-13-32/h7-13,16-18H,1,14-15H2,2-6H3,(H,30,36)(H,29,31,32);5-10,15-17H,1,11-14H2,2-4H3,(H,29,36)(H2,28,30,31,32);4-9,14-16H,1,10-13H2,2-3H3,(H,28,33)(H,27,29,30). The van der Waals surface area contributed by atoms with Crippen LogP contribution in [0.4, 0.5) is 80.5 Å². The van der Waals surface area contributed by atoms with Crippen LogP contribution < -0.4 is 70.9 Å². The van der Waals surface area contributed by atoms with Gasteiger partial charge in [0.1, 0.15) is 33.8 Å². The second kappa shape index (κ2) is 37.5. The molecular weight excluding hydrogens is 1400 g/mol. The Hall–Kier alpha value is -12.8. The third-order valence-electron chi connectivity index (χ3n) is 17.7. The van der Waals surface area contributed by atoms with Gasteiger partial charge in [-0.05, 0) is 119 Å². The van der Waals surface area contributed by atoms with Crippen LogP contribution in [0.5, 0.6) is 28.9 Å². The maximum absolute atomic E-state index is 12.2. The Morgan fingerprint density at radius 2 is 1.12 bits per heavy atom. The summed E-state index contributed by atoms with van der Waals surface area (Å²) in [5.41, 5.74) is 11.4. The van der Waals surface area contributed by atoms with Crippen molar-refractivity contribution < 1.29 is 38.1 Å². The van der Waals surface area contributed by atoms with Gasteiger partial charge in [-0.2, -0.15) is 9.97 Å². The molecule has 109 heavy (non-hydrogen) atoms. The number of nitrogens with one attached hydrogen (secondary N) is 7. The predicted molar refractivity (Wildman–Crippen MR) is 435 cm³/mol. The number of anilines is 14. The monoisotopic (exact) mass is 1490 g/mol. The van der Waals surface area contributed by atoms with Gasteiger partial charge in [-0.1, -0.05) is 61.7 Å². The van der Waals surface area contributed by atoms with Crippen molar-refractivity contribution in [3.63, 3.8) is 0 Å². The highest BCUT2D eigenvalue weighted by molar-refractivity contribution is 6.31. The van der Waals surface area contributed by atoms with E-state index in [1.54, 1.807) is 71.0 Å². The van der Waals surface area contributed by atoms with Crippen LogP contribution in [0, 0.1) is 6.92 Å². The summed E-state index contributed by atoms with van der Waals surface area (Å²) in [6, 6.07) is 40.0. The zero-order valence-electron chi connectivity index (χ0n) is 62.8. The van der Waals surface area contributed by atoms with Crippen molar-refractivity contribution in [2.75, 3.05) is 167 Å². The topological polar surface area (TPSA) is 291 Å². The molecule has 2 saturated heterocycles. The Bertz CT molecular complexity index is 4900. The maximum Gasteiger partial charge on any atom is 0.247 e. The number of rotatable bonds is 26. The molecule has 0 atom stereocenters. The van der Waals surface area contributed by atoms with Crippen LogP contribution in [-0.4, -0.2) is 188 Å². The van der Waals surface area contributed by atoms with E-state index in [-0.39, 0.29) is 34.5 Å². The molecule has 28 nitrogen and oxygen atoms in total. The molecule has 0 spiro atoms. The number of carbonyl (C=O) groups excluding carboxylic acids is 4. The van der Waals surface area contributed by atoms with Crippen molar-refractivity contribution in [3.05, 3.63) is 201 Å². The quantitative estimate of drug-likeness (QED) is 0.0248. The molecule has 2 aliphatic rings. The van der Waals surface area contributed by atoms with E-state index in [1.165, 1.54) is 24.4 Å². The number of carbonyl (C=O) groups is 4. The van der Waals surface area contributed by atoms with Crippen LogP contribution in [0.25, 0.3) is 22.2 Å². The van der Waals surface area contributed by atoms with Crippen molar-refractivity contribution in [3.8, 4) is 40.1 Å². The summed E-state index contributed by atoms with van der Waals surface area (Å²) in [5.74, 6) is 3.52. The van der Waals surface area contributed by atoms with Crippen LogP contribution in [0.15, 0.2) is 190 Å². The second-order valence-electron chi connectivity index (χ2n) is 25.6. The summed E-state index contributed by atoms with van der Waals surface area (Å²) >= 11 is 6.28. The van der Waals surface area contributed by atoms with Crippen LogP contribution in [0.3, 0.4) is 0 Å². The summed E-state index contributed by atoms with van der Waals surface area (Å²) in [6.07, 6.45) is 10.6. The third-order valence-corrected chi connectivity index (χ3v) is 18.0. The second-order valence-corrected chi connectivity index (χ2v) is 26.1. The average molecular weight is 1500 g/mol. The number of benzene rings is 6. The number of para-hydroxylation sites is 1. The van der Waals surface area contributed by atoms with Gasteiger partial charge in [-0.3, -0.25) is 19.2 Å². The first-order valence-corrected chi connectivity index (χ1v) is 35.4. The summed E-state index contributed by atoms with van der Waals surface area (Å²) < 4.78 is 24.9. The molecule has 566 valence electrons. The third kappa shape index (κ3) is 21.3. The molecule has 12 rings (SSSR count). The van der Waals surface area contributed by atoms with Gasteiger partial charge < -0.3 is 90.1 Å². The molecule has 4 aromatic heterocycles. The molecule has 29 heteroatoms. The summed E-state index contributed by atoms with van der Waals surface area (Å²) in [6.45, 7) is 22.5. The first-order chi connectivity index (χ1) is 52.6. The minimum Gasteiger partial charge on any atom is -0.494 e. The molecular formula is C80H91ClN20O8. The lowest BCUT2D eigenvalue weighted by atomic mass is 10.1. The van der Waals surface area contributed by atoms with Gasteiger partial charge in [0, 0.05) is 180 Å². The zero-order chi connectivity index (χ0) is 77.7. The number of ether oxygens (including phenoxy) is 4. The number of hydrogen-bond donors (Lipinski definition) is 7. The molecule has 7 N–H and O–H groups in total. The van der Waals surface area contributed by atoms with E-state index >= 15 is 0 Å². The van der Waals surface area contributed by atoms with Crippen LogP contribution in [0.1, 0.15) is 12.5 Å². The molecule has 6 aromatic carbocycles. The molecule has 0 unspecified atom stereocenters. The van der Waals surface area contributed by atoms with Crippen LogP contribution in [-0.2, 0) is 26.2 Å². The van der Waals surface area contributed by atoms with Crippen molar-refractivity contribution in [2.24, 2.45) is 7.05 Å². The van der Waals surface area contributed by atoms with Gasteiger partial charge in [0.2, 0.25) is 47.4 Å². The summed E-state index contributed by atoms with van der Waals surface area (Å²) in [7, 11) is 15.0. The predicted octanol–water partition coefficient (Wildman–Crippen LogP) is 13.1. The molecule has 0 radical (unpaired) electrons. The number of likely N-dealkylation sites (N-methyl/N-ethyl adjacent to an activating group) is 3. The van der Waals surface area contributed by atoms with E-state index in [0.29, 0.717) is 88.2 Å². The van der Waals surface area contributed by atoms with Crippen molar-refractivity contribution >= 4 is 127 Å². The molecule has 4 amide bonds. The van der Waals surface area contributed by atoms with Gasteiger partial charge in [0.25, 0.3) is 0 Å². The Morgan fingerprint density at radius 1 is 0.560 bits per heavy atom. The van der Waals surface area contributed by atoms with Crippen molar-refractivity contribution in [1.29, 1.82) is 0 Å². The van der Waals surface area contributed by atoms with E-state index in [9.17, 15) is 19.2 Å². The zero-order valence-corrected chi connectivity index (χ0v) is 63.6. The number of fused-ring (bicyclic) bond motifs is 1. The molecule has 6 heterocycles.